The lowest BCUT2D eigenvalue weighted by molar-refractivity contribution is -0.124. The molecule has 0 radical (unpaired) electrons. The molecule has 0 spiro atoms. The molecule has 0 aromatic heterocycles. The lowest BCUT2D eigenvalue weighted by Crippen LogP contribution is -2.48. The molecule has 15 heavy (non-hydrogen) atoms. The van der Waals surface area contributed by atoms with Crippen LogP contribution in [0.4, 0.5) is 0 Å². The number of benzene rings is 1. The summed E-state index contributed by atoms with van der Waals surface area (Å²) in [6, 6.07) is 7.30. The minimum absolute atomic E-state index is 0.331. The van der Waals surface area contributed by atoms with Gasteiger partial charge in [0.05, 0.1) is 0 Å². The van der Waals surface area contributed by atoms with E-state index in [0.717, 1.165) is 24.9 Å². The summed E-state index contributed by atoms with van der Waals surface area (Å²) in [6.45, 7) is 0.815. The van der Waals surface area contributed by atoms with Gasteiger partial charge in [0.15, 0.2) is 0 Å². The van der Waals surface area contributed by atoms with Crippen molar-refractivity contribution in [3.63, 3.8) is 0 Å². The summed E-state index contributed by atoms with van der Waals surface area (Å²) in [6.07, 6.45) is 1.69. The summed E-state index contributed by atoms with van der Waals surface area (Å²) in [5.41, 5.74) is 5.61. The van der Waals surface area contributed by atoms with Crippen molar-refractivity contribution >= 4 is 17.5 Å². The topological polar surface area (TPSA) is 55.1 Å². The zero-order valence-corrected chi connectivity index (χ0v) is 9.05. The Labute approximate surface area is 93.6 Å². The van der Waals surface area contributed by atoms with E-state index in [4.69, 9.17) is 17.3 Å². The quantitative estimate of drug-likeness (QED) is 0.798. The second-order valence-corrected chi connectivity index (χ2v) is 4.25. The first kappa shape index (κ1) is 10.5. The fourth-order valence-corrected chi connectivity index (χ4v) is 2.29. The van der Waals surface area contributed by atoms with Gasteiger partial charge in [-0.1, -0.05) is 23.7 Å². The molecule has 1 aromatic carbocycles. The first-order chi connectivity index (χ1) is 7.15. The smallest absolute Gasteiger partial charge is 0.242 e. The van der Waals surface area contributed by atoms with E-state index in [1.165, 1.54) is 0 Å². The molecule has 1 heterocycles. The summed E-state index contributed by atoms with van der Waals surface area (Å²) in [7, 11) is 0. The Hall–Kier alpha value is -1.06. The number of hydrogen-bond donors (Lipinski definition) is 2. The van der Waals surface area contributed by atoms with E-state index in [-0.39, 0.29) is 5.91 Å². The predicted molar refractivity (Wildman–Crippen MR) is 59.6 cm³/mol. The van der Waals surface area contributed by atoms with Crippen molar-refractivity contribution in [3.8, 4) is 0 Å². The Bertz CT molecular complexity index is 386. The van der Waals surface area contributed by atoms with E-state index < -0.39 is 5.54 Å². The van der Waals surface area contributed by atoms with Crippen LogP contribution >= 0.6 is 11.6 Å². The highest BCUT2D eigenvalue weighted by molar-refractivity contribution is 6.30. The van der Waals surface area contributed by atoms with Gasteiger partial charge in [0, 0.05) is 5.02 Å². The summed E-state index contributed by atoms with van der Waals surface area (Å²) >= 11 is 5.91. The predicted octanol–water partition coefficient (Wildman–Crippen LogP) is 1.40. The van der Waals surface area contributed by atoms with Crippen molar-refractivity contribution in [3.05, 3.63) is 34.9 Å². The number of halogens is 1. The van der Waals surface area contributed by atoms with E-state index >= 15 is 0 Å². The van der Waals surface area contributed by atoms with Gasteiger partial charge in [-0.15, -0.1) is 0 Å². The molecule has 1 saturated heterocycles. The Kier molecular flexibility index (Phi) is 2.67. The molecule has 3 nitrogen and oxygen atoms in total. The molecule has 1 aromatic rings. The average Bonchev–Trinajstić information content (AvgIpc) is 2.67. The summed E-state index contributed by atoms with van der Waals surface area (Å²) in [5, 5.41) is 3.81. The second kappa shape index (κ2) is 3.83. The van der Waals surface area contributed by atoms with Gasteiger partial charge in [-0.3, -0.25) is 10.1 Å². The van der Waals surface area contributed by atoms with Gasteiger partial charge in [-0.25, -0.2) is 0 Å². The van der Waals surface area contributed by atoms with Gasteiger partial charge in [0.2, 0.25) is 5.91 Å². The lowest BCUT2D eigenvalue weighted by atomic mass is 9.88. The van der Waals surface area contributed by atoms with Gasteiger partial charge < -0.3 is 5.73 Å². The number of rotatable bonds is 2. The molecule has 2 rings (SSSR count). The largest absolute Gasteiger partial charge is 0.368 e. The first-order valence-electron chi connectivity index (χ1n) is 4.96. The second-order valence-electron chi connectivity index (χ2n) is 3.81. The van der Waals surface area contributed by atoms with Crippen molar-refractivity contribution in [2.75, 3.05) is 6.54 Å². The van der Waals surface area contributed by atoms with Crippen molar-refractivity contribution in [1.29, 1.82) is 0 Å². The third-order valence-corrected chi connectivity index (χ3v) is 3.13. The van der Waals surface area contributed by atoms with Gasteiger partial charge in [-0.2, -0.15) is 0 Å². The maximum absolute atomic E-state index is 11.6. The molecule has 0 bridgehead atoms. The van der Waals surface area contributed by atoms with Crippen LogP contribution in [0.5, 0.6) is 0 Å². The van der Waals surface area contributed by atoms with Crippen LogP contribution in [0, 0.1) is 0 Å². The first-order valence-corrected chi connectivity index (χ1v) is 5.34. The van der Waals surface area contributed by atoms with Gasteiger partial charge in [0.1, 0.15) is 5.54 Å². The van der Waals surface area contributed by atoms with Crippen molar-refractivity contribution < 1.29 is 4.79 Å². The number of nitrogens with two attached hydrogens (primary N) is 1. The minimum atomic E-state index is -0.717. The fraction of sp³-hybridized carbons (Fsp3) is 0.364. The number of primary amides is 1. The third kappa shape index (κ3) is 1.73. The van der Waals surface area contributed by atoms with Crippen LogP contribution in [-0.4, -0.2) is 12.5 Å². The normalized spacial score (nSPS) is 25.4. The van der Waals surface area contributed by atoms with Crippen LogP contribution < -0.4 is 11.1 Å². The van der Waals surface area contributed by atoms with Crippen molar-refractivity contribution in [2.45, 2.75) is 18.4 Å². The zero-order chi connectivity index (χ0) is 10.9. The maximum atomic E-state index is 11.6. The van der Waals surface area contributed by atoms with Crippen LogP contribution in [0.15, 0.2) is 24.3 Å². The van der Waals surface area contributed by atoms with E-state index in [2.05, 4.69) is 5.32 Å². The molecule has 80 valence electrons. The van der Waals surface area contributed by atoms with Crippen LogP contribution in [-0.2, 0) is 10.3 Å². The Morgan fingerprint density at radius 2 is 2.33 bits per heavy atom. The number of carbonyl (C=O) groups is 1. The van der Waals surface area contributed by atoms with Gasteiger partial charge in [-0.05, 0) is 37.1 Å². The molecular formula is C11H13ClN2O. The Morgan fingerprint density at radius 3 is 2.87 bits per heavy atom. The molecule has 1 aliphatic rings. The summed E-state index contributed by atoms with van der Waals surface area (Å²) in [5.74, 6) is -0.331. The standard InChI is InChI=1S/C11H13ClN2O/c12-9-4-1-3-8(7-9)11(10(13)15)5-2-6-14-11/h1,3-4,7,14H,2,5-6H2,(H2,13,15). The van der Waals surface area contributed by atoms with E-state index in [0.29, 0.717) is 5.02 Å². The molecule has 0 aliphatic carbocycles. The highest BCUT2D eigenvalue weighted by Gasteiger charge is 2.40. The molecule has 3 N–H and O–H groups in total. The third-order valence-electron chi connectivity index (χ3n) is 2.89. The van der Waals surface area contributed by atoms with Gasteiger partial charge >= 0.3 is 0 Å². The number of nitrogens with one attached hydrogen (secondary N) is 1. The lowest BCUT2D eigenvalue weighted by Gasteiger charge is -2.26. The van der Waals surface area contributed by atoms with Crippen LogP contribution in [0.25, 0.3) is 0 Å². The summed E-state index contributed by atoms with van der Waals surface area (Å²) < 4.78 is 0. The Morgan fingerprint density at radius 1 is 1.53 bits per heavy atom. The van der Waals surface area contributed by atoms with Crippen molar-refractivity contribution in [2.24, 2.45) is 5.73 Å². The molecule has 1 unspecified atom stereocenters. The van der Waals surface area contributed by atoms with E-state index in [1.54, 1.807) is 12.1 Å². The number of hydrogen-bond acceptors (Lipinski definition) is 2. The molecule has 1 atom stereocenters. The van der Waals surface area contributed by atoms with Crippen molar-refractivity contribution in [1.82, 2.24) is 5.32 Å². The van der Waals surface area contributed by atoms with Crippen LogP contribution in [0.3, 0.4) is 0 Å². The minimum Gasteiger partial charge on any atom is -0.368 e. The highest BCUT2D eigenvalue weighted by atomic mass is 35.5. The zero-order valence-electron chi connectivity index (χ0n) is 8.29. The summed E-state index contributed by atoms with van der Waals surface area (Å²) in [4.78, 5) is 11.6. The molecule has 4 heteroatoms. The maximum Gasteiger partial charge on any atom is 0.242 e. The Balaban J connectivity index is 2.45. The number of amides is 1. The molecule has 1 aliphatic heterocycles. The molecule has 0 saturated carbocycles. The molecular weight excluding hydrogens is 212 g/mol. The van der Waals surface area contributed by atoms with E-state index in [1.807, 2.05) is 12.1 Å². The van der Waals surface area contributed by atoms with E-state index in [9.17, 15) is 4.79 Å². The van der Waals surface area contributed by atoms with Crippen LogP contribution in [0.2, 0.25) is 5.02 Å². The van der Waals surface area contributed by atoms with Crippen LogP contribution in [0.1, 0.15) is 18.4 Å². The average molecular weight is 225 g/mol. The monoisotopic (exact) mass is 224 g/mol. The highest BCUT2D eigenvalue weighted by Crippen LogP contribution is 2.31. The number of carbonyl (C=O) groups excluding carboxylic acids is 1. The van der Waals surface area contributed by atoms with Gasteiger partial charge in [0.25, 0.3) is 0 Å². The molecule has 1 amide bonds. The fourth-order valence-electron chi connectivity index (χ4n) is 2.10. The SMILES string of the molecule is NC(=O)C1(c2cccc(Cl)c2)CCCN1. The molecule has 1 fully saturated rings.